The Kier molecular flexibility index (Phi) is 4.69. The van der Waals surface area contributed by atoms with Gasteiger partial charge in [0.1, 0.15) is 0 Å². The van der Waals surface area contributed by atoms with Gasteiger partial charge in [0.2, 0.25) is 5.91 Å². The van der Waals surface area contributed by atoms with Crippen LogP contribution in [0.4, 0.5) is 0 Å². The van der Waals surface area contributed by atoms with Crippen molar-refractivity contribution < 1.29 is 19.5 Å². The molecule has 0 aromatic rings. The zero-order chi connectivity index (χ0) is 12.0. The van der Waals surface area contributed by atoms with E-state index in [0.717, 1.165) is 0 Å². The van der Waals surface area contributed by atoms with E-state index in [0.29, 0.717) is 25.8 Å². The molecule has 0 spiro atoms. The lowest BCUT2D eigenvalue weighted by Gasteiger charge is -2.21. The van der Waals surface area contributed by atoms with Crippen molar-refractivity contribution >= 4 is 17.8 Å². The summed E-state index contributed by atoms with van der Waals surface area (Å²) in [6.45, 7) is 0.391. The summed E-state index contributed by atoms with van der Waals surface area (Å²) in [5, 5.41) is 8.42. The predicted octanol–water partition coefficient (Wildman–Crippen LogP) is 0.947. The third-order valence-electron chi connectivity index (χ3n) is 2.39. The maximum Gasteiger partial charge on any atom is 0.303 e. The summed E-state index contributed by atoms with van der Waals surface area (Å²) in [6, 6.07) is 0. The lowest BCUT2D eigenvalue weighted by Crippen LogP contribution is -2.38. The molecular formula is C11H15NO4. The van der Waals surface area contributed by atoms with Gasteiger partial charge in [-0.05, 0) is 12.8 Å². The molecule has 0 bridgehead atoms. The second-order valence-electron chi connectivity index (χ2n) is 3.69. The van der Waals surface area contributed by atoms with Crippen molar-refractivity contribution in [2.45, 2.75) is 32.1 Å². The van der Waals surface area contributed by atoms with E-state index in [4.69, 9.17) is 5.11 Å². The summed E-state index contributed by atoms with van der Waals surface area (Å²) >= 11 is 0. The standard InChI is InChI=1S/C11H15NO4/c13-9-5-4-6-10(14)12(9)8-3-1-2-7-11(15)16/h4-5H,1-3,6-8H2,(H,15,16). The van der Waals surface area contributed by atoms with Gasteiger partial charge in [-0.2, -0.15) is 0 Å². The van der Waals surface area contributed by atoms with Crippen LogP contribution in [0, 0.1) is 0 Å². The minimum Gasteiger partial charge on any atom is -0.481 e. The second-order valence-corrected chi connectivity index (χ2v) is 3.69. The first-order valence-electron chi connectivity index (χ1n) is 5.34. The highest BCUT2D eigenvalue weighted by molar-refractivity contribution is 6.04. The van der Waals surface area contributed by atoms with Crippen molar-refractivity contribution in [3.8, 4) is 0 Å². The van der Waals surface area contributed by atoms with Gasteiger partial charge in [0, 0.05) is 25.5 Å². The van der Waals surface area contributed by atoms with Gasteiger partial charge in [0.25, 0.3) is 5.91 Å². The Hall–Kier alpha value is -1.65. The minimum atomic E-state index is -0.812. The third-order valence-corrected chi connectivity index (χ3v) is 2.39. The Morgan fingerprint density at radius 3 is 2.69 bits per heavy atom. The van der Waals surface area contributed by atoms with Crippen LogP contribution in [0.3, 0.4) is 0 Å². The predicted molar refractivity (Wildman–Crippen MR) is 56.6 cm³/mol. The molecule has 0 atom stereocenters. The van der Waals surface area contributed by atoms with Gasteiger partial charge in [-0.25, -0.2) is 0 Å². The summed E-state index contributed by atoms with van der Waals surface area (Å²) in [5.41, 5.74) is 0. The fourth-order valence-electron chi connectivity index (χ4n) is 1.54. The molecule has 1 rings (SSSR count). The first kappa shape index (κ1) is 12.4. The van der Waals surface area contributed by atoms with E-state index < -0.39 is 5.97 Å². The number of rotatable bonds is 6. The van der Waals surface area contributed by atoms with Crippen molar-refractivity contribution in [3.63, 3.8) is 0 Å². The average Bonchev–Trinajstić information content (AvgIpc) is 2.21. The summed E-state index contributed by atoms with van der Waals surface area (Å²) in [6.07, 6.45) is 5.35. The highest BCUT2D eigenvalue weighted by Gasteiger charge is 2.20. The summed E-state index contributed by atoms with van der Waals surface area (Å²) in [7, 11) is 0. The van der Waals surface area contributed by atoms with Crippen LogP contribution in [-0.4, -0.2) is 34.3 Å². The van der Waals surface area contributed by atoms with Crippen LogP contribution >= 0.6 is 0 Å². The van der Waals surface area contributed by atoms with Gasteiger partial charge in [-0.1, -0.05) is 12.5 Å². The molecule has 1 aliphatic rings. The highest BCUT2D eigenvalue weighted by atomic mass is 16.4. The van der Waals surface area contributed by atoms with E-state index in [1.807, 2.05) is 0 Å². The Balaban J connectivity index is 2.21. The topological polar surface area (TPSA) is 74.7 Å². The van der Waals surface area contributed by atoms with E-state index in [1.165, 1.54) is 11.0 Å². The molecule has 16 heavy (non-hydrogen) atoms. The fourth-order valence-corrected chi connectivity index (χ4v) is 1.54. The van der Waals surface area contributed by atoms with E-state index in [-0.39, 0.29) is 24.7 Å². The molecule has 5 nitrogen and oxygen atoms in total. The average molecular weight is 225 g/mol. The smallest absolute Gasteiger partial charge is 0.303 e. The Morgan fingerprint density at radius 1 is 1.31 bits per heavy atom. The monoisotopic (exact) mass is 225 g/mol. The Labute approximate surface area is 93.7 Å². The number of imide groups is 1. The number of amides is 2. The number of carbonyl (C=O) groups excluding carboxylic acids is 2. The molecule has 1 heterocycles. The van der Waals surface area contributed by atoms with Crippen LogP contribution in [-0.2, 0) is 14.4 Å². The number of carboxylic acids is 1. The summed E-state index contributed by atoms with van der Waals surface area (Å²) in [5.74, 6) is -1.26. The number of carboxylic acid groups (broad SMARTS) is 1. The summed E-state index contributed by atoms with van der Waals surface area (Å²) in [4.78, 5) is 34.1. The molecule has 0 radical (unpaired) electrons. The van der Waals surface area contributed by atoms with E-state index in [1.54, 1.807) is 6.08 Å². The quantitative estimate of drug-likeness (QED) is 0.539. The molecule has 0 aliphatic carbocycles. The van der Waals surface area contributed by atoms with Crippen LogP contribution in [0.15, 0.2) is 12.2 Å². The van der Waals surface area contributed by atoms with Gasteiger partial charge in [0.05, 0.1) is 0 Å². The Bertz CT molecular complexity index is 322. The van der Waals surface area contributed by atoms with Crippen molar-refractivity contribution in [2.24, 2.45) is 0 Å². The van der Waals surface area contributed by atoms with Crippen molar-refractivity contribution in [2.75, 3.05) is 6.54 Å². The van der Waals surface area contributed by atoms with E-state index in [2.05, 4.69) is 0 Å². The van der Waals surface area contributed by atoms with Crippen LogP contribution in [0.2, 0.25) is 0 Å². The van der Waals surface area contributed by atoms with Crippen molar-refractivity contribution in [1.29, 1.82) is 0 Å². The van der Waals surface area contributed by atoms with E-state index >= 15 is 0 Å². The van der Waals surface area contributed by atoms with Gasteiger partial charge in [0.15, 0.2) is 0 Å². The van der Waals surface area contributed by atoms with Crippen LogP contribution in [0.5, 0.6) is 0 Å². The van der Waals surface area contributed by atoms with Crippen molar-refractivity contribution in [1.82, 2.24) is 4.90 Å². The largest absolute Gasteiger partial charge is 0.481 e. The number of hydrogen-bond acceptors (Lipinski definition) is 3. The number of unbranched alkanes of at least 4 members (excludes halogenated alkanes) is 2. The van der Waals surface area contributed by atoms with Gasteiger partial charge < -0.3 is 5.11 Å². The lowest BCUT2D eigenvalue weighted by molar-refractivity contribution is -0.142. The number of carbonyl (C=O) groups is 3. The van der Waals surface area contributed by atoms with Gasteiger partial charge in [-0.15, -0.1) is 0 Å². The first-order valence-corrected chi connectivity index (χ1v) is 5.34. The first-order chi connectivity index (χ1) is 7.61. The van der Waals surface area contributed by atoms with Crippen LogP contribution in [0.1, 0.15) is 32.1 Å². The highest BCUT2D eigenvalue weighted by Crippen LogP contribution is 2.08. The molecular weight excluding hydrogens is 210 g/mol. The van der Waals surface area contributed by atoms with Crippen LogP contribution < -0.4 is 0 Å². The number of nitrogens with zero attached hydrogens (tertiary/aromatic N) is 1. The molecule has 2 amide bonds. The Morgan fingerprint density at radius 2 is 2.06 bits per heavy atom. The number of aliphatic carboxylic acids is 1. The molecule has 0 fully saturated rings. The zero-order valence-corrected chi connectivity index (χ0v) is 9.02. The van der Waals surface area contributed by atoms with Gasteiger partial charge >= 0.3 is 5.97 Å². The summed E-state index contributed by atoms with van der Waals surface area (Å²) < 4.78 is 0. The maximum atomic E-state index is 11.3. The molecule has 1 aliphatic heterocycles. The molecule has 0 aromatic heterocycles. The van der Waals surface area contributed by atoms with Gasteiger partial charge in [-0.3, -0.25) is 19.3 Å². The molecule has 0 saturated carbocycles. The maximum absolute atomic E-state index is 11.3. The van der Waals surface area contributed by atoms with Crippen molar-refractivity contribution in [3.05, 3.63) is 12.2 Å². The SMILES string of the molecule is O=C(O)CCCCCN1C(=O)C=CCC1=O. The third kappa shape index (κ3) is 3.84. The normalized spacial score (nSPS) is 15.6. The molecule has 1 N–H and O–H groups in total. The van der Waals surface area contributed by atoms with Crippen LogP contribution in [0.25, 0.3) is 0 Å². The molecule has 0 unspecified atom stereocenters. The molecule has 0 aromatic carbocycles. The molecule has 5 heteroatoms. The zero-order valence-electron chi connectivity index (χ0n) is 9.02. The molecule has 88 valence electrons. The lowest BCUT2D eigenvalue weighted by atomic mass is 10.1. The fraction of sp³-hybridized carbons (Fsp3) is 0.545. The molecule has 0 saturated heterocycles. The number of hydrogen-bond donors (Lipinski definition) is 1. The minimum absolute atomic E-state index is 0.141. The second kappa shape index (κ2) is 6.05. The van der Waals surface area contributed by atoms with E-state index in [9.17, 15) is 14.4 Å².